The molecule has 1 aliphatic heterocycles. The van der Waals surface area contributed by atoms with Crippen LogP contribution in [0.5, 0.6) is 17.2 Å². The van der Waals surface area contributed by atoms with Gasteiger partial charge in [0.05, 0.1) is 37.1 Å². The molecule has 3 aromatic rings. The van der Waals surface area contributed by atoms with Crippen LogP contribution in [0.3, 0.4) is 0 Å². The van der Waals surface area contributed by atoms with Crippen LogP contribution in [0.1, 0.15) is 44.7 Å². The Labute approximate surface area is 215 Å². The molecule has 0 radical (unpaired) electrons. The first-order valence-electron chi connectivity index (χ1n) is 11.8. The lowest BCUT2D eigenvalue weighted by molar-refractivity contribution is -0.113. The maximum atomic E-state index is 13.7. The summed E-state index contributed by atoms with van der Waals surface area (Å²) in [5, 5.41) is 10.9. The number of aromatic nitrogens is 3. The van der Waals surface area contributed by atoms with Gasteiger partial charge in [-0.1, -0.05) is 43.5 Å². The van der Waals surface area contributed by atoms with E-state index in [-0.39, 0.29) is 5.91 Å². The van der Waals surface area contributed by atoms with E-state index in [2.05, 4.69) is 27.6 Å². The van der Waals surface area contributed by atoms with Gasteiger partial charge in [-0.25, -0.2) is 4.68 Å². The fourth-order valence-corrected chi connectivity index (χ4v) is 4.36. The summed E-state index contributed by atoms with van der Waals surface area (Å²) >= 11 is 6.23. The molecule has 1 aromatic heterocycles. The van der Waals surface area contributed by atoms with Crippen LogP contribution in [0.25, 0.3) is 0 Å². The third kappa shape index (κ3) is 5.26. The number of allylic oxidation sites excluding steroid dienone is 1. The minimum absolute atomic E-state index is 0.325. The van der Waals surface area contributed by atoms with E-state index in [1.165, 1.54) is 20.5 Å². The van der Waals surface area contributed by atoms with Crippen LogP contribution in [0.2, 0.25) is 5.02 Å². The van der Waals surface area contributed by atoms with Crippen LogP contribution in [-0.2, 0) is 4.79 Å². The molecule has 0 unspecified atom stereocenters. The van der Waals surface area contributed by atoms with E-state index in [0.29, 0.717) is 46.0 Å². The Kier molecular flexibility index (Phi) is 8.00. The predicted molar refractivity (Wildman–Crippen MR) is 139 cm³/mol. The van der Waals surface area contributed by atoms with Gasteiger partial charge in [0.2, 0.25) is 5.95 Å². The van der Waals surface area contributed by atoms with Crippen molar-refractivity contribution in [2.24, 2.45) is 0 Å². The molecule has 4 rings (SSSR count). The van der Waals surface area contributed by atoms with Gasteiger partial charge in [0.1, 0.15) is 29.6 Å². The molecule has 2 N–H and O–H groups in total. The normalized spacial score (nSPS) is 14.6. The molecule has 9 nitrogen and oxygen atoms in total. The number of anilines is 2. The van der Waals surface area contributed by atoms with Crippen LogP contribution in [0.4, 0.5) is 11.6 Å². The van der Waals surface area contributed by atoms with Crippen molar-refractivity contribution in [1.29, 1.82) is 0 Å². The van der Waals surface area contributed by atoms with Crippen LogP contribution in [0.15, 0.2) is 54.0 Å². The molecule has 0 aliphatic carbocycles. The second-order valence-electron chi connectivity index (χ2n) is 8.36. The van der Waals surface area contributed by atoms with Crippen molar-refractivity contribution in [1.82, 2.24) is 14.8 Å². The zero-order chi connectivity index (χ0) is 25.7. The maximum absolute atomic E-state index is 13.7. The highest BCUT2D eigenvalue weighted by Gasteiger charge is 2.34. The number of carbonyl (C=O) groups is 1. The Morgan fingerprint density at radius 2 is 1.89 bits per heavy atom. The van der Waals surface area contributed by atoms with E-state index >= 15 is 0 Å². The number of fused-ring (bicyclic) bond motifs is 1. The van der Waals surface area contributed by atoms with Gasteiger partial charge >= 0.3 is 0 Å². The standard InChI is InChI=1S/C26H30ClN5O4/c1-5-6-7-12-36-18-10-8-17(9-11-18)24-23(16(2)30-26-28-15-29-32(24)26)25(33)31-20-14-21(34-3)19(27)13-22(20)35-4/h8-11,13-15,24H,5-7,12H2,1-4H3,(H,31,33)(H,28,29,30)/t24-/m0/s1. The molecule has 1 amide bonds. The number of nitrogens with one attached hydrogen (secondary N) is 2. The number of rotatable bonds is 10. The van der Waals surface area contributed by atoms with Crippen LogP contribution < -0.4 is 24.8 Å². The number of unbranched alkanes of at least 4 members (excludes halogenated alkanes) is 2. The maximum Gasteiger partial charge on any atom is 0.255 e. The Morgan fingerprint density at radius 3 is 2.58 bits per heavy atom. The molecular weight excluding hydrogens is 482 g/mol. The van der Waals surface area contributed by atoms with Crippen LogP contribution in [0, 0.1) is 0 Å². The highest BCUT2D eigenvalue weighted by molar-refractivity contribution is 6.32. The Bertz CT molecular complexity index is 1260. The molecule has 0 saturated carbocycles. The fourth-order valence-electron chi connectivity index (χ4n) is 4.13. The number of hydrogen-bond donors (Lipinski definition) is 2. The van der Waals surface area contributed by atoms with Crippen LogP contribution >= 0.6 is 11.6 Å². The molecular formula is C26H30ClN5O4. The second kappa shape index (κ2) is 11.3. The Balaban J connectivity index is 1.65. The summed E-state index contributed by atoms with van der Waals surface area (Å²) in [6, 6.07) is 10.5. The largest absolute Gasteiger partial charge is 0.495 e. The number of hydrogen-bond acceptors (Lipinski definition) is 7. The van der Waals surface area contributed by atoms with E-state index in [1.807, 2.05) is 31.2 Å². The first-order valence-corrected chi connectivity index (χ1v) is 12.2. The molecule has 1 atom stereocenters. The smallest absolute Gasteiger partial charge is 0.255 e. The number of methoxy groups -OCH3 is 2. The molecule has 0 saturated heterocycles. The van der Waals surface area contributed by atoms with Crippen molar-refractivity contribution in [3.8, 4) is 17.2 Å². The first-order chi connectivity index (χ1) is 17.5. The highest BCUT2D eigenvalue weighted by atomic mass is 35.5. The zero-order valence-corrected chi connectivity index (χ0v) is 21.6. The van der Waals surface area contributed by atoms with E-state index in [9.17, 15) is 4.79 Å². The van der Waals surface area contributed by atoms with Gasteiger partial charge < -0.3 is 24.8 Å². The van der Waals surface area contributed by atoms with Gasteiger partial charge in [0.15, 0.2) is 0 Å². The number of halogens is 1. The van der Waals surface area contributed by atoms with Crippen molar-refractivity contribution in [3.63, 3.8) is 0 Å². The molecule has 1 aliphatic rings. The number of carbonyl (C=O) groups excluding carboxylic acids is 1. The predicted octanol–water partition coefficient (Wildman–Crippen LogP) is 5.45. The third-order valence-electron chi connectivity index (χ3n) is 5.97. The molecule has 0 spiro atoms. The Morgan fingerprint density at radius 1 is 1.14 bits per heavy atom. The minimum Gasteiger partial charge on any atom is -0.495 e. The molecule has 10 heteroatoms. The lowest BCUT2D eigenvalue weighted by Crippen LogP contribution is -2.31. The van der Waals surface area contributed by atoms with E-state index in [1.54, 1.807) is 16.8 Å². The lowest BCUT2D eigenvalue weighted by atomic mass is 9.95. The summed E-state index contributed by atoms with van der Waals surface area (Å²) < 4.78 is 18.3. The lowest BCUT2D eigenvalue weighted by Gasteiger charge is -2.29. The van der Waals surface area contributed by atoms with Crippen molar-refractivity contribution in [2.45, 2.75) is 39.2 Å². The molecule has 190 valence electrons. The molecule has 0 bridgehead atoms. The van der Waals surface area contributed by atoms with Gasteiger partial charge in [-0.3, -0.25) is 4.79 Å². The zero-order valence-electron chi connectivity index (χ0n) is 20.8. The van der Waals surface area contributed by atoms with Gasteiger partial charge in [-0.15, -0.1) is 0 Å². The molecule has 2 heterocycles. The number of amides is 1. The van der Waals surface area contributed by atoms with Gasteiger partial charge in [0, 0.05) is 17.8 Å². The summed E-state index contributed by atoms with van der Waals surface area (Å²) in [6.07, 6.45) is 4.75. The molecule has 2 aromatic carbocycles. The van der Waals surface area contributed by atoms with Crippen molar-refractivity contribution in [3.05, 3.63) is 64.6 Å². The van der Waals surface area contributed by atoms with E-state index in [4.69, 9.17) is 25.8 Å². The summed E-state index contributed by atoms with van der Waals surface area (Å²) in [5.74, 6) is 1.85. The second-order valence-corrected chi connectivity index (χ2v) is 8.77. The number of nitrogens with zero attached hydrogens (tertiary/aromatic N) is 3. The van der Waals surface area contributed by atoms with Crippen molar-refractivity contribution >= 4 is 29.1 Å². The minimum atomic E-state index is -0.502. The summed E-state index contributed by atoms with van der Waals surface area (Å²) in [4.78, 5) is 18.0. The Hall–Kier alpha value is -3.72. The number of ether oxygens (including phenoxy) is 3. The highest BCUT2D eigenvalue weighted by Crippen LogP contribution is 2.39. The summed E-state index contributed by atoms with van der Waals surface area (Å²) in [5.41, 5.74) is 2.45. The SMILES string of the molecule is CCCCCOc1ccc([C@H]2C(C(=O)Nc3cc(OC)c(Cl)cc3OC)=C(C)Nc3ncnn32)cc1. The van der Waals surface area contributed by atoms with Crippen LogP contribution in [-0.4, -0.2) is 41.5 Å². The average Bonchev–Trinajstić information content (AvgIpc) is 3.35. The van der Waals surface area contributed by atoms with Crippen molar-refractivity contribution in [2.75, 3.05) is 31.5 Å². The van der Waals surface area contributed by atoms with E-state index < -0.39 is 6.04 Å². The third-order valence-corrected chi connectivity index (χ3v) is 6.27. The van der Waals surface area contributed by atoms with Crippen molar-refractivity contribution < 1.29 is 19.0 Å². The van der Waals surface area contributed by atoms with E-state index in [0.717, 1.165) is 30.6 Å². The van der Waals surface area contributed by atoms with Gasteiger partial charge in [-0.2, -0.15) is 10.1 Å². The number of benzene rings is 2. The van der Waals surface area contributed by atoms with Gasteiger partial charge in [0.25, 0.3) is 5.91 Å². The summed E-state index contributed by atoms with van der Waals surface area (Å²) in [6.45, 7) is 4.67. The molecule has 0 fully saturated rings. The fraction of sp³-hybridized carbons (Fsp3) is 0.346. The summed E-state index contributed by atoms with van der Waals surface area (Å²) in [7, 11) is 3.02. The first kappa shape index (κ1) is 25.4. The quantitative estimate of drug-likeness (QED) is 0.349. The topological polar surface area (TPSA) is 99.5 Å². The molecule has 36 heavy (non-hydrogen) atoms. The monoisotopic (exact) mass is 511 g/mol. The average molecular weight is 512 g/mol. The van der Waals surface area contributed by atoms with Gasteiger partial charge in [-0.05, 0) is 31.0 Å².